The van der Waals surface area contributed by atoms with Crippen LogP contribution in [0.2, 0.25) is 0 Å². The molecule has 1 aromatic carbocycles. The highest BCUT2D eigenvalue weighted by Gasteiger charge is 2.31. The van der Waals surface area contributed by atoms with Gasteiger partial charge in [-0.3, -0.25) is 0 Å². The molecule has 112 valence electrons. The number of hydrogen-bond donors (Lipinski definition) is 1. The van der Waals surface area contributed by atoms with Crippen molar-refractivity contribution in [2.75, 3.05) is 5.32 Å². The molecule has 0 radical (unpaired) electrons. The zero-order chi connectivity index (χ0) is 14.9. The fourth-order valence-electron chi connectivity index (χ4n) is 3.82. The molecule has 2 aromatic rings. The first-order chi connectivity index (χ1) is 10.0. The first kappa shape index (κ1) is 14.2. The van der Waals surface area contributed by atoms with Gasteiger partial charge in [-0.15, -0.1) is 0 Å². The SMILES string of the molecule is C[C@H]1CC(Nc2cccc(-c3ccon3)c2)CC(C)(C)C1. The van der Waals surface area contributed by atoms with E-state index in [2.05, 4.69) is 55.5 Å². The molecule has 3 nitrogen and oxygen atoms in total. The van der Waals surface area contributed by atoms with Gasteiger partial charge < -0.3 is 9.84 Å². The van der Waals surface area contributed by atoms with Crippen molar-refractivity contribution in [3.63, 3.8) is 0 Å². The Balaban J connectivity index is 1.74. The van der Waals surface area contributed by atoms with Crippen molar-refractivity contribution in [2.24, 2.45) is 11.3 Å². The lowest BCUT2D eigenvalue weighted by Gasteiger charge is -2.39. The van der Waals surface area contributed by atoms with Crippen LogP contribution < -0.4 is 5.32 Å². The smallest absolute Gasteiger partial charge is 0.124 e. The molecule has 1 N–H and O–H groups in total. The fourth-order valence-corrected chi connectivity index (χ4v) is 3.82. The van der Waals surface area contributed by atoms with Crippen molar-refractivity contribution >= 4 is 5.69 Å². The Morgan fingerprint density at radius 1 is 1.24 bits per heavy atom. The van der Waals surface area contributed by atoms with Gasteiger partial charge in [0.1, 0.15) is 12.0 Å². The minimum Gasteiger partial charge on any atom is -0.382 e. The van der Waals surface area contributed by atoms with E-state index in [0.29, 0.717) is 11.5 Å². The molecule has 0 amide bonds. The predicted molar refractivity (Wildman–Crippen MR) is 86.1 cm³/mol. The first-order valence-corrected chi connectivity index (χ1v) is 7.79. The highest BCUT2D eigenvalue weighted by molar-refractivity contribution is 5.64. The Bertz CT molecular complexity index is 589. The summed E-state index contributed by atoms with van der Waals surface area (Å²) >= 11 is 0. The van der Waals surface area contributed by atoms with Crippen molar-refractivity contribution in [3.8, 4) is 11.3 Å². The molecule has 0 aliphatic heterocycles. The van der Waals surface area contributed by atoms with E-state index in [9.17, 15) is 0 Å². The minimum absolute atomic E-state index is 0.430. The van der Waals surface area contributed by atoms with Crippen LogP contribution in [-0.2, 0) is 0 Å². The topological polar surface area (TPSA) is 38.1 Å². The lowest BCUT2D eigenvalue weighted by Crippen LogP contribution is -2.35. The second-order valence-corrected chi connectivity index (χ2v) is 7.22. The Morgan fingerprint density at radius 2 is 2.10 bits per heavy atom. The number of aromatic nitrogens is 1. The van der Waals surface area contributed by atoms with E-state index in [1.807, 2.05) is 6.07 Å². The van der Waals surface area contributed by atoms with Crippen LogP contribution in [0, 0.1) is 11.3 Å². The van der Waals surface area contributed by atoms with Crippen molar-refractivity contribution in [3.05, 3.63) is 36.6 Å². The number of hydrogen-bond acceptors (Lipinski definition) is 3. The van der Waals surface area contributed by atoms with E-state index in [1.54, 1.807) is 6.26 Å². The molecule has 0 saturated heterocycles. The standard InChI is InChI=1S/C18H24N2O/c1-13-9-16(12-18(2,3)11-13)19-15-6-4-5-14(10-15)17-7-8-21-20-17/h4-8,10,13,16,19H,9,11-12H2,1-3H3/t13-,16?/m0/s1. The third kappa shape index (κ3) is 3.46. The van der Waals surface area contributed by atoms with Gasteiger partial charge in [0.2, 0.25) is 0 Å². The third-order valence-electron chi connectivity index (χ3n) is 4.35. The summed E-state index contributed by atoms with van der Waals surface area (Å²) in [4.78, 5) is 0. The molecule has 1 aromatic heterocycles. The van der Waals surface area contributed by atoms with Crippen molar-refractivity contribution < 1.29 is 4.52 Å². The first-order valence-electron chi connectivity index (χ1n) is 7.79. The van der Waals surface area contributed by atoms with Crippen molar-refractivity contribution in [2.45, 2.75) is 46.1 Å². The maximum Gasteiger partial charge on any atom is 0.124 e. The van der Waals surface area contributed by atoms with Gasteiger partial charge in [-0.05, 0) is 42.7 Å². The molecule has 1 fully saturated rings. The Kier molecular flexibility index (Phi) is 3.75. The van der Waals surface area contributed by atoms with Gasteiger partial charge in [0, 0.05) is 23.4 Å². The third-order valence-corrected chi connectivity index (χ3v) is 4.35. The number of benzene rings is 1. The fraction of sp³-hybridized carbons (Fsp3) is 0.500. The monoisotopic (exact) mass is 284 g/mol. The largest absolute Gasteiger partial charge is 0.382 e. The number of rotatable bonds is 3. The summed E-state index contributed by atoms with van der Waals surface area (Å²) in [5, 5.41) is 7.72. The van der Waals surface area contributed by atoms with E-state index < -0.39 is 0 Å². The average molecular weight is 284 g/mol. The zero-order valence-corrected chi connectivity index (χ0v) is 13.1. The lowest BCUT2D eigenvalue weighted by atomic mass is 9.70. The van der Waals surface area contributed by atoms with Crippen LogP contribution in [0.5, 0.6) is 0 Å². The second kappa shape index (κ2) is 5.55. The zero-order valence-electron chi connectivity index (χ0n) is 13.1. The van der Waals surface area contributed by atoms with E-state index in [4.69, 9.17) is 4.52 Å². The molecule has 3 rings (SSSR count). The van der Waals surface area contributed by atoms with Gasteiger partial charge in [-0.2, -0.15) is 0 Å². The van der Waals surface area contributed by atoms with E-state index in [1.165, 1.54) is 24.9 Å². The van der Waals surface area contributed by atoms with Gasteiger partial charge >= 0.3 is 0 Å². The Morgan fingerprint density at radius 3 is 2.81 bits per heavy atom. The van der Waals surface area contributed by atoms with Crippen LogP contribution in [0.25, 0.3) is 11.3 Å². The summed E-state index contributed by atoms with van der Waals surface area (Å²) in [6.07, 6.45) is 5.41. The quantitative estimate of drug-likeness (QED) is 0.865. The van der Waals surface area contributed by atoms with E-state index in [0.717, 1.165) is 17.2 Å². The Labute approximate surface area is 126 Å². The molecule has 1 aliphatic rings. The number of nitrogens with zero attached hydrogens (tertiary/aromatic N) is 1. The van der Waals surface area contributed by atoms with E-state index in [-0.39, 0.29) is 0 Å². The van der Waals surface area contributed by atoms with Gasteiger partial charge in [0.15, 0.2) is 0 Å². The molecular formula is C18H24N2O. The average Bonchev–Trinajstić information content (AvgIpc) is 2.90. The maximum atomic E-state index is 4.93. The molecule has 0 spiro atoms. The van der Waals surface area contributed by atoms with Gasteiger partial charge in [-0.1, -0.05) is 38.1 Å². The minimum atomic E-state index is 0.430. The highest BCUT2D eigenvalue weighted by Crippen LogP contribution is 2.39. The molecule has 1 heterocycles. The van der Waals surface area contributed by atoms with Gasteiger partial charge in [0.25, 0.3) is 0 Å². The summed E-state index contributed by atoms with van der Waals surface area (Å²) in [5.74, 6) is 0.782. The van der Waals surface area contributed by atoms with Crippen LogP contribution in [0.4, 0.5) is 5.69 Å². The molecule has 1 saturated carbocycles. The maximum absolute atomic E-state index is 4.93. The van der Waals surface area contributed by atoms with E-state index >= 15 is 0 Å². The van der Waals surface area contributed by atoms with Crippen molar-refractivity contribution in [1.29, 1.82) is 0 Å². The second-order valence-electron chi connectivity index (χ2n) is 7.22. The summed E-state index contributed by atoms with van der Waals surface area (Å²) in [7, 11) is 0. The predicted octanol–water partition coefficient (Wildman–Crippen LogP) is 4.97. The van der Waals surface area contributed by atoms with Crippen molar-refractivity contribution in [1.82, 2.24) is 5.16 Å². The van der Waals surface area contributed by atoms with Crippen LogP contribution >= 0.6 is 0 Å². The summed E-state index contributed by atoms with van der Waals surface area (Å²) in [5.41, 5.74) is 3.58. The summed E-state index contributed by atoms with van der Waals surface area (Å²) in [6.45, 7) is 7.12. The normalized spacial score (nSPS) is 24.7. The van der Waals surface area contributed by atoms with Gasteiger partial charge in [0.05, 0.1) is 0 Å². The molecule has 0 bridgehead atoms. The van der Waals surface area contributed by atoms with Gasteiger partial charge in [-0.25, -0.2) is 0 Å². The lowest BCUT2D eigenvalue weighted by molar-refractivity contribution is 0.178. The molecule has 1 unspecified atom stereocenters. The molecule has 3 heteroatoms. The Hall–Kier alpha value is -1.77. The highest BCUT2D eigenvalue weighted by atomic mass is 16.5. The van der Waals surface area contributed by atoms with Crippen LogP contribution in [0.1, 0.15) is 40.0 Å². The molecule has 2 atom stereocenters. The van der Waals surface area contributed by atoms with Crippen LogP contribution in [0.3, 0.4) is 0 Å². The molecular weight excluding hydrogens is 260 g/mol. The van der Waals surface area contributed by atoms with Crippen LogP contribution in [0.15, 0.2) is 41.1 Å². The number of nitrogens with one attached hydrogen (secondary N) is 1. The summed E-state index contributed by atoms with van der Waals surface area (Å²) in [6, 6.07) is 10.9. The van der Waals surface area contributed by atoms with Crippen LogP contribution in [-0.4, -0.2) is 11.2 Å². The summed E-state index contributed by atoms with van der Waals surface area (Å²) < 4.78 is 4.93. The molecule has 21 heavy (non-hydrogen) atoms. The number of anilines is 1. The molecule has 1 aliphatic carbocycles.